The third-order valence-electron chi connectivity index (χ3n) is 3.75. The first-order valence-corrected chi connectivity index (χ1v) is 11.1. The predicted octanol–water partition coefficient (Wildman–Crippen LogP) is 5.10. The SMILES string of the molecule is CCCCCCCC[Te]c1cccc(C(C)(C)C)c1OC. The van der Waals surface area contributed by atoms with Crippen LogP contribution in [0.3, 0.4) is 0 Å². The summed E-state index contributed by atoms with van der Waals surface area (Å²) in [6.07, 6.45) is 8.38. The first-order chi connectivity index (χ1) is 10.0. The molecule has 0 amide bonds. The Morgan fingerprint density at radius 3 is 2.29 bits per heavy atom. The van der Waals surface area contributed by atoms with E-state index in [2.05, 4.69) is 45.9 Å². The Labute approximate surface area is 141 Å². The van der Waals surface area contributed by atoms with E-state index in [1.54, 1.807) is 0 Å². The second-order valence-electron chi connectivity index (χ2n) is 6.70. The van der Waals surface area contributed by atoms with E-state index in [1.165, 1.54) is 57.9 Å². The fourth-order valence-corrected chi connectivity index (χ4v) is 5.54. The van der Waals surface area contributed by atoms with Gasteiger partial charge in [-0.2, -0.15) is 0 Å². The van der Waals surface area contributed by atoms with Crippen LogP contribution in [0.25, 0.3) is 0 Å². The molecule has 0 saturated carbocycles. The third-order valence-corrected chi connectivity index (χ3v) is 6.96. The Morgan fingerprint density at radius 2 is 1.67 bits per heavy atom. The molecular weight excluding hydrogens is 372 g/mol. The summed E-state index contributed by atoms with van der Waals surface area (Å²) < 4.78 is 8.65. The number of unbranched alkanes of at least 4 members (excludes halogenated alkanes) is 5. The van der Waals surface area contributed by atoms with Crippen molar-refractivity contribution in [1.82, 2.24) is 0 Å². The Balaban J connectivity index is 2.52. The quantitative estimate of drug-likeness (QED) is 0.411. The molecule has 0 heterocycles. The van der Waals surface area contributed by atoms with E-state index in [0.717, 1.165) is 0 Å². The zero-order valence-corrected chi connectivity index (χ0v) is 16.8. The van der Waals surface area contributed by atoms with Crippen LogP contribution < -0.4 is 8.35 Å². The average Bonchev–Trinajstić information content (AvgIpc) is 2.45. The molecule has 1 aromatic carbocycles. The van der Waals surface area contributed by atoms with Gasteiger partial charge in [-0.25, -0.2) is 0 Å². The maximum absolute atomic E-state index is 5.75. The fraction of sp³-hybridized carbons (Fsp3) is 0.684. The van der Waals surface area contributed by atoms with Gasteiger partial charge in [-0.15, -0.1) is 0 Å². The standard InChI is InChI=1S/C19H32OTe/c1-6-7-8-9-10-11-15-21-17-14-12-13-16(18(17)20-5)19(2,3)4/h12-14H,6-11,15H2,1-5H3. The minimum absolute atomic E-state index is 0.110. The number of hydrogen-bond donors (Lipinski definition) is 0. The second kappa shape index (κ2) is 9.75. The van der Waals surface area contributed by atoms with E-state index in [4.69, 9.17) is 4.74 Å². The minimum atomic E-state index is -0.110. The molecule has 1 aromatic rings. The Hall–Kier alpha value is -0.190. The fourth-order valence-electron chi connectivity index (χ4n) is 2.50. The van der Waals surface area contributed by atoms with Gasteiger partial charge in [0, 0.05) is 0 Å². The Kier molecular flexibility index (Phi) is 8.76. The van der Waals surface area contributed by atoms with E-state index < -0.39 is 0 Å². The zero-order valence-electron chi connectivity index (χ0n) is 14.5. The van der Waals surface area contributed by atoms with Crippen molar-refractivity contribution in [3.05, 3.63) is 23.8 Å². The molecular formula is C19H32OTe. The van der Waals surface area contributed by atoms with Gasteiger partial charge in [-0.05, 0) is 0 Å². The molecule has 1 nitrogen and oxygen atoms in total. The van der Waals surface area contributed by atoms with Crippen LogP contribution in [0, 0.1) is 0 Å². The number of methoxy groups -OCH3 is 1. The van der Waals surface area contributed by atoms with Crippen LogP contribution in [0.5, 0.6) is 5.75 Å². The molecule has 0 fully saturated rings. The summed E-state index contributed by atoms with van der Waals surface area (Å²) >= 11 is -0.110. The summed E-state index contributed by atoms with van der Waals surface area (Å²) in [7, 11) is 1.83. The van der Waals surface area contributed by atoms with Crippen LogP contribution >= 0.6 is 0 Å². The van der Waals surface area contributed by atoms with E-state index in [-0.39, 0.29) is 26.3 Å². The molecule has 0 unspecified atom stereocenters. The van der Waals surface area contributed by atoms with Gasteiger partial charge in [0.15, 0.2) is 0 Å². The molecule has 0 N–H and O–H groups in total. The third kappa shape index (κ3) is 6.62. The maximum atomic E-state index is 5.75. The molecule has 0 radical (unpaired) electrons. The van der Waals surface area contributed by atoms with Gasteiger partial charge in [0.1, 0.15) is 0 Å². The first-order valence-electron chi connectivity index (χ1n) is 8.31. The molecule has 0 aliphatic carbocycles. The number of benzene rings is 1. The molecule has 0 atom stereocenters. The van der Waals surface area contributed by atoms with Crippen LogP contribution in [0.2, 0.25) is 4.47 Å². The van der Waals surface area contributed by atoms with Crippen molar-refractivity contribution in [3.8, 4) is 5.75 Å². The molecule has 120 valence electrons. The Bertz CT molecular complexity index is 407. The monoisotopic (exact) mass is 406 g/mol. The molecule has 0 saturated heterocycles. The Morgan fingerprint density at radius 1 is 1.00 bits per heavy atom. The van der Waals surface area contributed by atoms with Gasteiger partial charge in [-0.3, -0.25) is 0 Å². The van der Waals surface area contributed by atoms with Crippen molar-refractivity contribution in [2.45, 2.75) is 76.1 Å². The van der Waals surface area contributed by atoms with Crippen molar-refractivity contribution < 1.29 is 4.74 Å². The number of rotatable bonds is 9. The second-order valence-corrected chi connectivity index (χ2v) is 9.95. The van der Waals surface area contributed by atoms with Crippen LogP contribution in [-0.4, -0.2) is 28.0 Å². The van der Waals surface area contributed by atoms with Crippen LogP contribution in [0.4, 0.5) is 0 Å². The van der Waals surface area contributed by atoms with Gasteiger partial charge in [0.2, 0.25) is 0 Å². The molecule has 2 heteroatoms. The molecule has 0 aromatic heterocycles. The van der Waals surface area contributed by atoms with Crippen molar-refractivity contribution in [2.75, 3.05) is 7.11 Å². The van der Waals surface area contributed by atoms with Gasteiger partial charge in [0.25, 0.3) is 0 Å². The normalized spacial score (nSPS) is 11.7. The van der Waals surface area contributed by atoms with Gasteiger partial charge in [-0.1, -0.05) is 0 Å². The van der Waals surface area contributed by atoms with Gasteiger partial charge < -0.3 is 0 Å². The number of ether oxygens (including phenoxy) is 1. The molecule has 0 bridgehead atoms. The molecule has 0 aliphatic rings. The topological polar surface area (TPSA) is 9.23 Å². The average molecular weight is 404 g/mol. The van der Waals surface area contributed by atoms with Crippen molar-refractivity contribution >= 4 is 24.5 Å². The van der Waals surface area contributed by atoms with Crippen LogP contribution in [0.1, 0.15) is 71.8 Å². The van der Waals surface area contributed by atoms with E-state index in [9.17, 15) is 0 Å². The summed E-state index contributed by atoms with van der Waals surface area (Å²) in [5.74, 6) is 1.17. The van der Waals surface area contributed by atoms with Gasteiger partial charge >= 0.3 is 142 Å². The first kappa shape index (κ1) is 18.9. The van der Waals surface area contributed by atoms with Crippen LogP contribution in [0.15, 0.2) is 18.2 Å². The molecule has 0 aliphatic heterocycles. The van der Waals surface area contributed by atoms with E-state index in [1.807, 2.05) is 7.11 Å². The molecule has 21 heavy (non-hydrogen) atoms. The van der Waals surface area contributed by atoms with Crippen molar-refractivity contribution in [2.24, 2.45) is 0 Å². The summed E-state index contributed by atoms with van der Waals surface area (Å²) in [5.41, 5.74) is 1.52. The van der Waals surface area contributed by atoms with E-state index in [0.29, 0.717) is 0 Å². The van der Waals surface area contributed by atoms with Crippen molar-refractivity contribution in [1.29, 1.82) is 0 Å². The predicted molar refractivity (Wildman–Crippen MR) is 95.3 cm³/mol. The molecule has 1 rings (SSSR count). The van der Waals surface area contributed by atoms with Crippen molar-refractivity contribution in [3.63, 3.8) is 0 Å². The number of hydrogen-bond acceptors (Lipinski definition) is 1. The van der Waals surface area contributed by atoms with Crippen LogP contribution in [-0.2, 0) is 5.41 Å². The number of para-hydroxylation sites is 1. The summed E-state index contributed by atoms with van der Waals surface area (Å²) in [5, 5.41) is 0. The summed E-state index contributed by atoms with van der Waals surface area (Å²) in [6, 6.07) is 6.72. The zero-order chi connectivity index (χ0) is 15.7. The summed E-state index contributed by atoms with van der Waals surface area (Å²) in [6.45, 7) is 9.08. The van der Waals surface area contributed by atoms with Gasteiger partial charge in [0.05, 0.1) is 0 Å². The summed E-state index contributed by atoms with van der Waals surface area (Å²) in [4.78, 5) is 0. The van der Waals surface area contributed by atoms with E-state index >= 15 is 0 Å². The molecule has 0 spiro atoms.